The van der Waals surface area contributed by atoms with Crippen molar-refractivity contribution in [3.8, 4) is 5.75 Å². The Labute approximate surface area is 66.7 Å². The predicted molar refractivity (Wildman–Crippen MR) is 38.4 cm³/mol. The summed E-state index contributed by atoms with van der Waals surface area (Å²) in [5.41, 5.74) is -1.21. The van der Waals surface area contributed by atoms with Gasteiger partial charge in [0.2, 0.25) is 5.43 Å². The summed E-state index contributed by atoms with van der Waals surface area (Å²) in [6, 6.07) is 0.687. The summed E-state index contributed by atoms with van der Waals surface area (Å²) in [4.78, 5) is 13.0. The number of pyridine rings is 1. The minimum Gasteiger partial charge on any atom is -0.503 e. The van der Waals surface area contributed by atoms with Gasteiger partial charge < -0.3 is 10.1 Å². The number of halogens is 2. The first-order valence-electron chi connectivity index (χ1n) is 3.23. The third-order valence-electron chi connectivity index (χ3n) is 1.44. The van der Waals surface area contributed by atoms with Crippen LogP contribution in [-0.2, 0) is 0 Å². The molecule has 0 amide bonds. The third-order valence-corrected chi connectivity index (χ3v) is 1.44. The smallest absolute Gasteiger partial charge is 0.278 e. The fraction of sp³-hybridized carbons (Fsp3) is 0.286. The number of nitrogens with one attached hydrogen (secondary N) is 1. The molecule has 0 atom stereocenters. The van der Waals surface area contributed by atoms with Crippen LogP contribution in [-0.4, -0.2) is 10.1 Å². The van der Waals surface area contributed by atoms with Gasteiger partial charge in [-0.25, -0.2) is 8.78 Å². The quantitative estimate of drug-likeness (QED) is 0.676. The van der Waals surface area contributed by atoms with Crippen molar-refractivity contribution in [2.75, 3.05) is 0 Å². The molecule has 0 fully saturated rings. The lowest BCUT2D eigenvalue weighted by molar-refractivity contribution is 0.145. The number of hydrogen-bond acceptors (Lipinski definition) is 2. The third kappa shape index (κ3) is 1.44. The van der Waals surface area contributed by atoms with Crippen molar-refractivity contribution in [2.45, 2.75) is 13.3 Å². The van der Waals surface area contributed by atoms with Crippen LogP contribution in [0.3, 0.4) is 0 Å². The molecule has 12 heavy (non-hydrogen) atoms. The van der Waals surface area contributed by atoms with Crippen LogP contribution in [0.25, 0.3) is 0 Å². The summed E-state index contributed by atoms with van der Waals surface area (Å²) in [6.07, 6.45) is -2.72. The molecule has 0 saturated carbocycles. The predicted octanol–water partition coefficient (Wildman–Crippen LogP) is 1.33. The molecule has 3 nitrogen and oxygen atoms in total. The van der Waals surface area contributed by atoms with Gasteiger partial charge in [-0.2, -0.15) is 0 Å². The molecule has 0 saturated heterocycles. The Balaban J connectivity index is 3.31. The Morgan fingerprint density at radius 2 is 2.17 bits per heavy atom. The first-order chi connectivity index (χ1) is 5.52. The highest BCUT2D eigenvalue weighted by molar-refractivity contribution is 5.27. The highest BCUT2D eigenvalue weighted by Gasteiger charge is 2.11. The van der Waals surface area contributed by atoms with Gasteiger partial charge >= 0.3 is 0 Å². The molecule has 0 aliphatic heterocycles. The van der Waals surface area contributed by atoms with Crippen molar-refractivity contribution in [1.82, 2.24) is 4.98 Å². The van der Waals surface area contributed by atoms with E-state index in [4.69, 9.17) is 5.11 Å². The Kier molecular flexibility index (Phi) is 2.12. The highest BCUT2D eigenvalue weighted by Crippen LogP contribution is 2.17. The zero-order valence-electron chi connectivity index (χ0n) is 6.27. The van der Waals surface area contributed by atoms with Crippen LogP contribution in [0.2, 0.25) is 0 Å². The van der Waals surface area contributed by atoms with E-state index in [0.717, 1.165) is 0 Å². The average Bonchev–Trinajstić information content (AvgIpc) is 1.99. The fourth-order valence-corrected chi connectivity index (χ4v) is 0.824. The first kappa shape index (κ1) is 8.70. The highest BCUT2D eigenvalue weighted by atomic mass is 19.3. The van der Waals surface area contributed by atoms with Crippen LogP contribution < -0.4 is 5.43 Å². The Hall–Kier alpha value is -1.39. The van der Waals surface area contributed by atoms with Crippen LogP contribution in [0.15, 0.2) is 10.9 Å². The Morgan fingerprint density at radius 3 is 2.58 bits per heavy atom. The van der Waals surface area contributed by atoms with E-state index in [2.05, 4.69) is 4.98 Å². The molecule has 0 aliphatic rings. The second-order valence-electron chi connectivity index (χ2n) is 2.36. The average molecular weight is 175 g/mol. The monoisotopic (exact) mass is 175 g/mol. The molecule has 2 N–H and O–H groups in total. The van der Waals surface area contributed by atoms with Gasteiger partial charge in [-0.05, 0) is 6.92 Å². The second-order valence-corrected chi connectivity index (χ2v) is 2.36. The lowest BCUT2D eigenvalue weighted by Gasteiger charge is -2.02. The molecular formula is C7H7F2NO2. The molecule has 5 heteroatoms. The standard InChI is InChI=1S/C7H7F2NO2/c1-3-6(12)5(11)2-4(10-3)7(8)9/h2,7,12H,1H3,(H,10,11). The van der Waals surface area contributed by atoms with E-state index < -0.39 is 23.3 Å². The minimum atomic E-state index is -2.72. The van der Waals surface area contributed by atoms with Gasteiger partial charge in [0.25, 0.3) is 6.43 Å². The zero-order valence-corrected chi connectivity index (χ0v) is 6.27. The van der Waals surface area contributed by atoms with Crippen LogP contribution in [0.4, 0.5) is 8.78 Å². The lowest BCUT2D eigenvalue weighted by atomic mass is 10.3. The number of aromatic amines is 1. The molecule has 0 aliphatic carbocycles. The van der Waals surface area contributed by atoms with Crippen LogP contribution in [0, 0.1) is 6.92 Å². The van der Waals surface area contributed by atoms with Crippen LogP contribution in [0.1, 0.15) is 17.8 Å². The number of rotatable bonds is 1. The second kappa shape index (κ2) is 2.92. The molecule has 1 aromatic heterocycles. The topological polar surface area (TPSA) is 53.1 Å². The summed E-state index contributed by atoms with van der Waals surface area (Å²) in [6.45, 7) is 1.35. The molecule has 0 bridgehead atoms. The van der Waals surface area contributed by atoms with Gasteiger partial charge in [0.05, 0.1) is 11.4 Å². The molecule has 0 unspecified atom stereocenters. The Bertz CT molecular complexity index is 346. The van der Waals surface area contributed by atoms with Crippen molar-refractivity contribution in [3.63, 3.8) is 0 Å². The normalized spacial score (nSPS) is 10.7. The summed E-state index contributed by atoms with van der Waals surface area (Å²) in [5, 5.41) is 8.92. The molecule has 1 rings (SSSR count). The van der Waals surface area contributed by atoms with E-state index in [9.17, 15) is 13.6 Å². The largest absolute Gasteiger partial charge is 0.503 e. The maximum Gasteiger partial charge on any atom is 0.278 e. The molecule has 0 radical (unpaired) electrons. The molecule has 1 aromatic rings. The minimum absolute atomic E-state index is 0.0535. The van der Waals surface area contributed by atoms with E-state index in [0.29, 0.717) is 6.07 Å². The maximum atomic E-state index is 12.0. The summed E-state index contributed by atoms with van der Waals surface area (Å²) < 4.78 is 24.0. The summed E-state index contributed by atoms with van der Waals surface area (Å²) in [5.74, 6) is -0.514. The van der Waals surface area contributed by atoms with E-state index in [1.54, 1.807) is 0 Å². The molecular weight excluding hydrogens is 168 g/mol. The molecule has 1 heterocycles. The number of aromatic hydroxyl groups is 1. The van der Waals surface area contributed by atoms with Gasteiger partial charge in [-0.15, -0.1) is 0 Å². The van der Waals surface area contributed by atoms with Gasteiger partial charge in [-0.3, -0.25) is 4.79 Å². The van der Waals surface area contributed by atoms with E-state index in [-0.39, 0.29) is 5.69 Å². The first-order valence-corrected chi connectivity index (χ1v) is 3.23. The van der Waals surface area contributed by atoms with E-state index >= 15 is 0 Å². The van der Waals surface area contributed by atoms with Gasteiger partial charge in [-0.1, -0.05) is 0 Å². The Morgan fingerprint density at radius 1 is 1.58 bits per heavy atom. The van der Waals surface area contributed by atoms with Crippen molar-refractivity contribution < 1.29 is 13.9 Å². The number of hydrogen-bond donors (Lipinski definition) is 2. The van der Waals surface area contributed by atoms with Crippen LogP contribution >= 0.6 is 0 Å². The zero-order chi connectivity index (χ0) is 9.30. The SMILES string of the molecule is Cc1[nH]c(C(F)F)cc(=O)c1O. The number of H-pyrrole nitrogens is 1. The number of alkyl halides is 2. The number of aryl methyl sites for hydroxylation is 1. The molecule has 66 valence electrons. The van der Waals surface area contributed by atoms with Crippen molar-refractivity contribution in [2.24, 2.45) is 0 Å². The van der Waals surface area contributed by atoms with E-state index in [1.165, 1.54) is 6.92 Å². The van der Waals surface area contributed by atoms with Crippen molar-refractivity contribution in [1.29, 1.82) is 0 Å². The van der Waals surface area contributed by atoms with E-state index in [1.807, 2.05) is 0 Å². The summed E-state index contributed by atoms with van der Waals surface area (Å²) in [7, 11) is 0. The van der Waals surface area contributed by atoms with Gasteiger partial charge in [0, 0.05) is 6.07 Å². The molecule has 0 spiro atoms. The lowest BCUT2D eigenvalue weighted by Crippen LogP contribution is -2.06. The number of aromatic nitrogens is 1. The molecule has 0 aromatic carbocycles. The van der Waals surface area contributed by atoms with Crippen LogP contribution in [0.5, 0.6) is 5.75 Å². The fourth-order valence-electron chi connectivity index (χ4n) is 0.824. The van der Waals surface area contributed by atoms with Crippen molar-refractivity contribution >= 4 is 0 Å². The van der Waals surface area contributed by atoms with Gasteiger partial charge in [0.1, 0.15) is 0 Å². The van der Waals surface area contributed by atoms with Crippen molar-refractivity contribution in [3.05, 3.63) is 27.7 Å². The summed E-state index contributed by atoms with van der Waals surface area (Å²) >= 11 is 0. The van der Waals surface area contributed by atoms with Gasteiger partial charge in [0.15, 0.2) is 5.75 Å². The maximum absolute atomic E-state index is 12.0.